The summed E-state index contributed by atoms with van der Waals surface area (Å²) >= 11 is 1.66. The van der Waals surface area contributed by atoms with E-state index >= 15 is 0 Å². The second-order valence-corrected chi connectivity index (χ2v) is 17.1. The van der Waals surface area contributed by atoms with Gasteiger partial charge in [-0.05, 0) is 70.0 Å². The molecular formula is C52H34N4OPtS. The first-order valence-electron chi connectivity index (χ1n) is 19.6. The molecule has 0 N–H and O–H groups in total. The molecule has 5 heterocycles. The Morgan fingerprint density at radius 1 is 0.627 bits per heavy atom. The van der Waals surface area contributed by atoms with E-state index in [2.05, 4.69) is 145 Å². The van der Waals surface area contributed by atoms with E-state index in [-0.39, 0.29) is 26.5 Å². The Morgan fingerprint density at radius 2 is 1.39 bits per heavy atom. The quantitative estimate of drug-likeness (QED) is 0.165. The molecule has 1 aliphatic heterocycles. The molecule has 0 saturated carbocycles. The summed E-state index contributed by atoms with van der Waals surface area (Å²) in [6, 6.07) is 58.9. The first kappa shape index (κ1) is 35.8. The Kier molecular flexibility index (Phi) is 8.10. The van der Waals surface area contributed by atoms with Gasteiger partial charge < -0.3 is 13.9 Å². The van der Waals surface area contributed by atoms with E-state index in [4.69, 9.17) is 14.7 Å². The van der Waals surface area contributed by atoms with E-state index in [9.17, 15) is 0 Å². The molecule has 7 aromatic carbocycles. The molecule has 0 bridgehead atoms. The molecule has 0 amide bonds. The molecule has 0 saturated heterocycles. The minimum absolute atomic E-state index is 0. The van der Waals surface area contributed by atoms with Gasteiger partial charge in [-0.15, -0.1) is 41.3 Å². The standard InChI is InChI=1S/C52H34N4OS.Pt/c1-52(2,3)32-26-27-53-47(29-32)55-43-24-25-44-48(37-16-5-4-14-35(37)38-17-11-18-39-36-15-6-8-20-42(36)56(44)50(38)39)49(43)40-23-22-34(30-45(40)55)57-33-13-10-12-31(28-33)51-54-41-19-7-9-21-46(41)58-51;/h4-27,29H,1-3H3;/q-2;+2. The van der Waals surface area contributed by atoms with Gasteiger partial charge in [0.2, 0.25) is 0 Å². The van der Waals surface area contributed by atoms with Crippen LogP contribution >= 0.6 is 11.3 Å². The number of benzene rings is 7. The Bertz CT molecular complexity index is 3460. The number of nitrogens with zero attached hydrogens (tertiary/aromatic N) is 4. The largest absolute Gasteiger partial charge is 2.00 e. The maximum atomic E-state index is 6.62. The van der Waals surface area contributed by atoms with Crippen LogP contribution in [0.25, 0.3) is 98.2 Å². The fourth-order valence-electron chi connectivity index (χ4n) is 8.93. The fourth-order valence-corrected chi connectivity index (χ4v) is 9.87. The average Bonchev–Trinajstić information content (AvgIpc) is 3.91. The van der Waals surface area contributed by atoms with Gasteiger partial charge in [0.25, 0.3) is 0 Å². The average molecular weight is 958 g/mol. The van der Waals surface area contributed by atoms with Gasteiger partial charge in [0, 0.05) is 54.8 Å². The number of thiazole rings is 1. The van der Waals surface area contributed by atoms with E-state index < -0.39 is 0 Å². The molecule has 1 aliphatic rings. The fraction of sp³-hybridized carbons (Fsp3) is 0.0769. The van der Waals surface area contributed by atoms with E-state index in [1.54, 1.807) is 11.3 Å². The van der Waals surface area contributed by atoms with Crippen LogP contribution in [0.5, 0.6) is 11.5 Å². The molecule has 5 nitrogen and oxygen atoms in total. The zero-order chi connectivity index (χ0) is 38.7. The molecule has 11 aromatic rings. The van der Waals surface area contributed by atoms with Gasteiger partial charge >= 0.3 is 21.1 Å². The minimum atomic E-state index is -0.0682. The number of hydrogen-bond donors (Lipinski definition) is 0. The topological polar surface area (TPSA) is 44.9 Å². The number of ether oxygens (including phenoxy) is 1. The summed E-state index contributed by atoms with van der Waals surface area (Å²) in [6.07, 6.45) is 1.93. The molecule has 7 heteroatoms. The van der Waals surface area contributed by atoms with Crippen molar-refractivity contribution in [3.8, 4) is 55.8 Å². The molecule has 0 fully saturated rings. The first-order valence-corrected chi connectivity index (χ1v) is 20.4. The third-order valence-electron chi connectivity index (χ3n) is 11.6. The predicted octanol–water partition coefficient (Wildman–Crippen LogP) is 13.9. The summed E-state index contributed by atoms with van der Waals surface area (Å²) in [5.74, 6) is 2.04. The van der Waals surface area contributed by atoms with E-state index in [1.807, 2.05) is 48.7 Å². The van der Waals surface area contributed by atoms with Gasteiger partial charge in [0.15, 0.2) is 0 Å². The minimum Gasteiger partial charge on any atom is -0.503 e. The van der Waals surface area contributed by atoms with Crippen molar-refractivity contribution < 1.29 is 25.8 Å². The summed E-state index contributed by atoms with van der Waals surface area (Å²) < 4.78 is 12.5. The van der Waals surface area contributed by atoms with Crippen LogP contribution in [-0.2, 0) is 26.5 Å². The van der Waals surface area contributed by atoms with Gasteiger partial charge in [-0.3, -0.25) is 4.98 Å². The zero-order valence-electron chi connectivity index (χ0n) is 32.4. The second kappa shape index (κ2) is 13.4. The van der Waals surface area contributed by atoms with Gasteiger partial charge in [0.1, 0.15) is 5.82 Å². The number of rotatable bonds is 4. The van der Waals surface area contributed by atoms with Crippen molar-refractivity contribution in [2.24, 2.45) is 0 Å². The van der Waals surface area contributed by atoms with Crippen molar-refractivity contribution in [3.05, 3.63) is 169 Å². The van der Waals surface area contributed by atoms with Crippen LogP contribution in [0.15, 0.2) is 152 Å². The van der Waals surface area contributed by atoms with Crippen molar-refractivity contribution in [1.29, 1.82) is 0 Å². The SMILES string of the molecule is CC(C)(C)c1ccnc(-n2c3[c-]c(Oc4[c-]c(-c5nc6ccccc6s5)ccc4)ccc3c3c4c(ccc32)-n2c3ccccc3c3cccc(c32)-c2ccccc2-4)c1.[Pt+2]. The molecule has 0 aliphatic carbocycles. The second-order valence-electron chi connectivity index (χ2n) is 16.0. The molecule has 0 radical (unpaired) electrons. The van der Waals surface area contributed by atoms with Crippen molar-refractivity contribution in [1.82, 2.24) is 19.1 Å². The number of pyridine rings is 1. The van der Waals surface area contributed by atoms with E-state index in [0.717, 1.165) is 54.1 Å². The third kappa shape index (κ3) is 5.47. The Morgan fingerprint density at radius 3 is 2.27 bits per heavy atom. The van der Waals surface area contributed by atoms with E-state index in [0.29, 0.717) is 11.5 Å². The Hall–Kier alpha value is -6.33. The Balaban J connectivity index is 0.00000397. The van der Waals surface area contributed by atoms with Gasteiger partial charge in [-0.1, -0.05) is 105 Å². The molecule has 4 aromatic heterocycles. The van der Waals surface area contributed by atoms with Crippen molar-refractivity contribution in [2.75, 3.05) is 0 Å². The van der Waals surface area contributed by atoms with E-state index in [1.165, 1.54) is 49.6 Å². The molecule has 12 rings (SSSR count). The predicted molar refractivity (Wildman–Crippen MR) is 239 cm³/mol. The number of fused-ring (bicyclic) bond motifs is 13. The van der Waals surface area contributed by atoms with Gasteiger partial charge in [-0.25, -0.2) is 4.98 Å². The van der Waals surface area contributed by atoms with Gasteiger partial charge in [-0.2, -0.15) is 17.4 Å². The molecular weight excluding hydrogens is 924 g/mol. The molecule has 59 heavy (non-hydrogen) atoms. The normalized spacial score (nSPS) is 12.2. The molecule has 0 unspecified atom stereocenters. The summed E-state index contributed by atoms with van der Waals surface area (Å²) in [7, 11) is 0. The van der Waals surface area contributed by atoms with Crippen molar-refractivity contribution in [2.45, 2.75) is 26.2 Å². The summed E-state index contributed by atoms with van der Waals surface area (Å²) in [6.45, 7) is 6.73. The number of aromatic nitrogens is 4. The van der Waals surface area contributed by atoms with Crippen LogP contribution < -0.4 is 4.74 Å². The summed E-state index contributed by atoms with van der Waals surface area (Å²) in [4.78, 5) is 9.90. The number of hydrogen-bond acceptors (Lipinski definition) is 4. The summed E-state index contributed by atoms with van der Waals surface area (Å²) in [5, 5.41) is 5.62. The van der Waals surface area contributed by atoms with Crippen molar-refractivity contribution in [3.63, 3.8) is 0 Å². The smallest absolute Gasteiger partial charge is 0.503 e. The molecule has 284 valence electrons. The molecule has 0 atom stereocenters. The maximum absolute atomic E-state index is 6.62. The van der Waals surface area contributed by atoms with Crippen LogP contribution in [0.1, 0.15) is 26.3 Å². The maximum Gasteiger partial charge on any atom is 2.00 e. The van der Waals surface area contributed by atoms with Crippen molar-refractivity contribution >= 4 is 65.2 Å². The molecule has 0 spiro atoms. The first-order chi connectivity index (χ1) is 28.4. The van der Waals surface area contributed by atoms with Crippen LogP contribution in [0, 0.1) is 12.1 Å². The third-order valence-corrected chi connectivity index (χ3v) is 12.6. The Labute approximate surface area is 359 Å². The van der Waals surface area contributed by atoms with Gasteiger partial charge in [0.05, 0.1) is 22.2 Å². The monoisotopic (exact) mass is 957 g/mol. The number of para-hydroxylation sites is 3. The van der Waals surface area contributed by atoms with Crippen LogP contribution in [0.2, 0.25) is 0 Å². The van der Waals surface area contributed by atoms with Crippen LogP contribution in [0.4, 0.5) is 0 Å². The summed E-state index contributed by atoms with van der Waals surface area (Å²) in [5.41, 5.74) is 13.3. The zero-order valence-corrected chi connectivity index (χ0v) is 35.4. The van der Waals surface area contributed by atoms with Crippen LogP contribution in [-0.4, -0.2) is 19.1 Å². The van der Waals surface area contributed by atoms with Crippen LogP contribution in [0.3, 0.4) is 0 Å².